The predicted molar refractivity (Wildman–Crippen MR) is 75.5 cm³/mol. The standard InChI is InChI=1S/C17H19FO/c1-13-10-11-15(12-16(13)18)17(19)9-5-8-14-6-3-2-4-7-14/h2-4,6-7,10-12,17,19H,5,8-9H2,1H3. The zero-order valence-electron chi connectivity index (χ0n) is 11.1. The van der Waals surface area contributed by atoms with Gasteiger partial charge in [0.05, 0.1) is 6.10 Å². The van der Waals surface area contributed by atoms with Crippen molar-refractivity contribution in [3.63, 3.8) is 0 Å². The van der Waals surface area contributed by atoms with E-state index in [-0.39, 0.29) is 5.82 Å². The average Bonchev–Trinajstić information content (AvgIpc) is 2.43. The van der Waals surface area contributed by atoms with E-state index in [1.165, 1.54) is 11.6 Å². The summed E-state index contributed by atoms with van der Waals surface area (Å²) in [5.41, 5.74) is 2.54. The van der Waals surface area contributed by atoms with Crippen LogP contribution in [0.1, 0.15) is 35.6 Å². The molecule has 0 spiro atoms. The van der Waals surface area contributed by atoms with Gasteiger partial charge in [-0.05, 0) is 48.9 Å². The summed E-state index contributed by atoms with van der Waals surface area (Å²) in [7, 11) is 0. The highest BCUT2D eigenvalue weighted by atomic mass is 19.1. The fourth-order valence-electron chi connectivity index (χ4n) is 2.13. The van der Waals surface area contributed by atoms with Crippen molar-refractivity contribution in [3.05, 3.63) is 71.0 Å². The van der Waals surface area contributed by atoms with Crippen molar-refractivity contribution >= 4 is 0 Å². The van der Waals surface area contributed by atoms with Gasteiger partial charge in [-0.1, -0.05) is 42.5 Å². The smallest absolute Gasteiger partial charge is 0.126 e. The largest absolute Gasteiger partial charge is 0.388 e. The van der Waals surface area contributed by atoms with Gasteiger partial charge in [0, 0.05) is 0 Å². The minimum Gasteiger partial charge on any atom is -0.388 e. The van der Waals surface area contributed by atoms with E-state index in [4.69, 9.17) is 0 Å². The number of benzene rings is 2. The molecule has 1 N–H and O–H groups in total. The van der Waals surface area contributed by atoms with E-state index in [2.05, 4.69) is 12.1 Å². The molecule has 0 saturated heterocycles. The van der Waals surface area contributed by atoms with Crippen LogP contribution in [0.5, 0.6) is 0 Å². The zero-order chi connectivity index (χ0) is 13.7. The topological polar surface area (TPSA) is 20.2 Å². The van der Waals surface area contributed by atoms with Gasteiger partial charge in [-0.2, -0.15) is 0 Å². The first-order valence-corrected chi connectivity index (χ1v) is 6.65. The molecule has 0 aromatic heterocycles. The minimum absolute atomic E-state index is 0.250. The number of aliphatic hydroxyl groups is 1. The van der Waals surface area contributed by atoms with Crippen LogP contribution in [-0.2, 0) is 6.42 Å². The van der Waals surface area contributed by atoms with E-state index in [0.717, 1.165) is 12.8 Å². The second-order valence-electron chi connectivity index (χ2n) is 4.90. The second-order valence-corrected chi connectivity index (χ2v) is 4.90. The Balaban J connectivity index is 1.87. The summed E-state index contributed by atoms with van der Waals surface area (Å²) in [5.74, 6) is -0.250. The van der Waals surface area contributed by atoms with Crippen molar-refractivity contribution in [3.8, 4) is 0 Å². The Bertz CT molecular complexity index is 522. The van der Waals surface area contributed by atoms with Gasteiger partial charge in [0.25, 0.3) is 0 Å². The molecule has 0 amide bonds. The van der Waals surface area contributed by atoms with Crippen molar-refractivity contribution in [2.75, 3.05) is 0 Å². The number of rotatable bonds is 5. The van der Waals surface area contributed by atoms with Crippen LogP contribution in [0.25, 0.3) is 0 Å². The van der Waals surface area contributed by atoms with Gasteiger partial charge in [-0.3, -0.25) is 0 Å². The van der Waals surface area contributed by atoms with Crippen molar-refractivity contribution in [2.45, 2.75) is 32.3 Å². The lowest BCUT2D eigenvalue weighted by molar-refractivity contribution is 0.164. The number of hydrogen-bond acceptors (Lipinski definition) is 1. The molecule has 0 saturated carbocycles. The molecule has 2 aromatic rings. The summed E-state index contributed by atoms with van der Waals surface area (Å²) < 4.78 is 13.4. The molecule has 0 fully saturated rings. The molecule has 0 radical (unpaired) electrons. The van der Waals surface area contributed by atoms with Gasteiger partial charge in [0.2, 0.25) is 0 Å². The van der Waals surface area contributed by atoms with Gasteiger partial charge >= 0.3 is 0 Å². The molecular weight excluding hydrogens is 239 g/mol. The fourth-order valence-corrected chi connectivity index (χ4v) is 2.13. The van der Waals surface area contributed by atoms with Gasteiger partial charge in [0.15, 0.2) is 0 Å². The van der Waals surface area contributed by atoms with E-state index in [1.807, 2.05) is 18.2 Å². The van der Waals surface area contributed by atoms with Crippen LogP contribution in [0.3, 0.4) is 0 Å². The van der Waals surface area contributed by atoms with E-state index in [1.54, 1.807) is 19.1 Å². The van der Waals surface area contributed by atoms with Gasteiger partial charge in [-0.25, -0.2) is 4.39 Å². The van der Waals surface area contributed by atoms with Gasteiger partial charge in [-0.15, -0.1) is 0 Å². The van der Waals surface area contributed by atoms with Crippen molar-refractivity contribution < 1.29 is 9.50 Å². The molecule has 100 valence electrons. The Morgan fingerprint density at radius 3 is 2.53 bits per heavy atom. The molecule has 1 unspecified atom stereocenters. The molecule has 1 nitrogen and oxygen atoms in total. The molecule has 0 aliphatic rings. The molecule has 19 heavy (non-hydrogen) atoms. The first-order chi connectivity index (χ1) is 9.16. The third-order valence-corrected chi connectivity index (χ3v) is 3.37. The van der Waals surface area contributed by atoms with Gasteiger partial charge < -0.3 is 5.11 Å². The summed E-state index contributed by atoms with van der Waals surface area (Å²) in [6, 6.07) is 15.1. The maximum absolute atomic E-state index is 13.4. The highest BCUT2D eigenvalue weighted by molar-refractivity contribution is 5.25. The molecular formula is C17H19FO. The van der Waals surface area contributed by atoms with Crippen LogP contribution >= 0.6 is 0 Å². The Morgan fingerprint density at radius 2 is 1.84 bits per heavy atom. The van der Waals surface area contributed by atoms with Crippen LogP contribution in [0.15, 0.2) is 48.5 Å². The Kier molecular flexibility index (Phi) is 4.69. The molecule has 0 aliphatic heterocycles. The number of aliphatic hydroxyl groups excluding tert-OH is 1. The third kappa shape index (κ3) is 3.90. The molecule has 2 heteroatoms. The van der Waals surface area contributed by atoms with Crippen LogP contribution in [-0.4, -0.2) is 5.11 Å². The zero-order valence-corrected chi connectivity index (χ0v) is 11.1. The highest BCUT2D eigenvalue weighted by Crippen LogP contribution is 2.21. The number of hydrogen-bond donors (Lipinski definition) is 1. The first kappa shape index (κ1) is 13.8. The minimum atomic E-state index is -0.584. The quantitative estimate of drug-likeness (QED) is 0.852. The van der Waals surface area contributed by atoms with Crippen LogP contribution in [0.2, 0.25) is 0 Å². The average molecular weight is 258 g/mol. The molecule has 1 atom stereocenters. The van der Waals surface area contributed by atoms with Gasteiger partial charge in [0.1, 0.15) is 5.82 Å². The molecule has 2 rings (SSSR count). The Hall–Kier alpha value is -1.67. The Labute approximate surface area is 113 Å². The molecule has 0 aliphatic carbocycles. The van der Waals surface area contributed by atoms with E-state index >= 15 is 0 Å². The van der Waals surface area contributed by atoms with E-state index in [0.29, 0.717) is 17.5 Å². The Morgan fingerprint density at radius 1 is 1.11 bits per heavy atom. The lowest BCUT2D eigenvalue weighted by atomic mass is 10.0. The third-order valence-electron chi connectivity index (χ3n) is 3.37. The summed E-state index contributed by atoms with van der Waals surface area (Å²) >= 11 is 0. The lowest BCUT2D eigenvalue weighted by Crippen LogP contribution is -2.00. The maximum atomic E-state index is 13.4. The predicted octanol–water partition coefficient (Wildman–Crippen LogP) is 4.19. The summed E-state index contributed by atoms with van der Waals surface area (Å²) in [6.07, 6.45) is 1.89. The van der Waals surface area contributed by atoms with E-state index in [9.17, 15) is 9.50 Å². The second kappa shape index (κ2) is 6.48. The number of aryl methyl sites for hydroxylation is 2. The van der Waals surface area contributed by atoms with Crippen molar-refractivity contribution in [1.29, 1.82) is 0 Å². The first-order valence-electron chi connectivity index (χ1n) is 6.65. The van der Waals surface area contributed by atoms with Crippen LogP contribution < -0.4 is 0 Å². The number of halogens is 1. The molecule has 0 heterocycles. The van der Waals surface area contributed by atoms with Crippen molar-refractivity contribution in [2.24, 2.45) is 0 Å². The normalized spacial score (nSPS) is 12.4. The monoisotopic (exact) mass is 258 g/mol. The molecule has 0 bridgehead atoms. The summed E-state index contributed by atoms with van der Waals surface area (Å²) in [6.45, 7) is 1.72. The molecule has 2 aromatic carbocycles. The van der Waals surface area contributed by atoms with Crippen LogP contribution in [0.4, 0.5) is 4.39 Å². The van der Waals surface area contributed by atoms with Crippen molar-refractivity contribution in [1.82, 2.24) is 0 Å². The fraction of sp³-hybridized carbons (Fsp3) is 0.294. The lowest BCUT2D eigenvalue weighted by Gasteiger charge is -2.11. The maximum Gasteiger partial charge on any atom is 0.126 e. The van der Waals surface area contributed by atoms with E-state index < -0.39 is 6.10 Å². The SMILES string of the molecule is Cc1ccc(C(O)CCCc2ccccc2)cc1F. The summed E-state index contributed by atoms with van der Waals surface area (Å²) in [5, 5.41) is 10.0. The summed E-state index contributed by atoms with van der Waals surface area (Å²) in [4.78, 5) is 0. The highest BCUT2D eigenvalue weighted by Gasteiger charge is 2.09. The van der Waals surface area contributed by atoms with Crippen LogP contribution in [0, 0.1) is 12.7 Å².